The number of hydrogen-bond donors (Lipinski definition) is 1. The summed E-state index contributed by atoms with van der Waals surface area (Å²) < 4.78 is 81.5. The lowest BCUT2D eigenvalue weighted by Gasteiger charge is -2.42. The molecular formula is C20H20BrF4NO10. The van der Waals surface area contributed by atoms with E-state index in [0.717, 1.165) is 27.9 Å². The van der Waals surface area contributed by atoms with Gasteiger partial charge in [-0.2, -0.15) is 8.78 Å². The van der Waals surface area contributed by atoms with Crippen LogP contribution in [-0.4, -0.2) is 67.0 Å². The molecule has 1 aliphatic heterocycles. The highest BCUT2D eigenvalue weighted by atomic mass is 79.9. The van der Waals surface area contributed by atoms with E-state index < -0.39 is 94.4 Å². The Balaban J connectivity index is 2.41. The molecule has 0 unspecified atom stereocenters. The lowest BCUT2D eigenvalue weighted by Crippen LogP contribution is -2.61. The molecule has 200 valence electrons. The van der Waals surface area contributed by atoms with Gasteiger partial charge in [0.2, 0.25) is 11.6 Å². The van der Waals surface area contributed by atoms with Crippen LogP contribution in [0.5, 0.6) is 5.75 Å². The highest BCUT2D eigenvalue weighted by molar-refractivity contribution is 9.09. The number of esters is 3. The van der Waals surface area contributed by atoms with Gasteiger partial charge in [0, 0.05) is 20.8 Å². The molecule has 0 bridgehead atoms. The van der Waals surface area contributed by atoms with Crippen molar-refractivity contribution in [2.45, 2.75) is 50.2 Å². The Bertz CT molecular complexity index is 1010. The number of benzene rings is 1. The maximum absolute atomic E-state index is 14.3. The molecule has 0 aromatic heterocycles. The first-order chi connectivity index (χ1) is 16.8. The molecule has 36 heavy (non-hydrogen) atoms. The summed E-state index contributed by atoms with van der Waals surface area (Å²) in [5.41, 5.74) is -0.102. The molecule has 1 saturated heterocycles. The van der Waals surface area contributed by atoms with Crippen molar-refractivity contribution in [2.75, 3.05) is 13.7 Å². The van der Waals surface area contributed by atoms with E-state index >= 15 is 0 Å². The van der Waals surface area contributed by atoms with Crippen LogP contribution in [0, 0.1) is 23.3 Å². The van der Waals surface area contributed by atoms with Gasteiger partial charge < -0.3 is 23.7 Å². The molecule has 1 heterocycles. The maximum atomic E-state index is 14.3. The van der Waals surface area contributed by atoms with E-state index in [9.17, 15) is 36.7 Å². The second-order valence-corrected chi connectivity index (χ2v) is 8.06. The lowest BCUT2D eigenvalue weighted by molar-refractivity contribution is -0.246. The Morgan fingerprint density at radius 3 is 1.86 bits per heavy atom. The third kappa shape index (κ3) is 6.61. The van der Waals surface area contributed by atoms with Crippen molar-refractivity contribution < 1.29 is 65.3 Å². The van der Waals surface area contributed by atoms with Crippen LogP contribution >= 0.6 is 15.9 Å². The Labute approximate surface area is 209 Å². The minimum absolute atomic E-state index is 0.492. The lowest BCUT2D eigenvalue weighted by atomic mass is 9.99. The van der Waals surface area contributed by atoms with E-state index in [0.29, 0.717) is 0 Å². The molecule has 0 aliphatic carbocycles. The van der Waals surface area contributed by atoms with Crippen LogP contribution in [0.1, 0.15) is 31.1 Å². The Morgan fingerprint density at radius 1 is 0.861 bits per heavy atom. The first kappa shape index (κ1) is 29.3. The fourth-order valence-corrected chi connectivity index (χ4v) is 3.83. The van der Waals surface area contributed by atoms with Crippen molar-refractivity contribution >= 4 is 39.7 Å². The summed E-state index contributed by atoms with van der Waals surface area (Å²) in [6.45, 7) is 2.59. The molecule has 0 spiro atoms. The van der Waals surface area contributed by atoms with Crippen molar-refractivity contribution in [2.24, 2.45) is 0 Å². The number of alkyl halides is 1. The van der Waals surface area contributed by atoms with Gasteiger partial charge in [0.25, 0.3) is 5.91 Å². The molecular weight excluding hydrogens is 570 g/mol. The van der Waals surface area contributed by atoms with E-state index in [2.05, 4.69) is 20.7 Å². The molecule has 0 saturated carbocycles. The standard InChI is InChI=1S/C20H20BrF4NO10/c1-6(27)32-5-9-15(33-7(2)28)17(18(19(21)35-9)34-8(3)29)36-26-20(30)10-11(22)13(24)16(31-4)14(25)12(10)23/h9,15,17-19H,5H2,1-4H3,(H,26,30)/t9-,15+,17+,18-,19+/m1/s1. The van der Waals surface area contributed by atoms with Gasteiger partial charge in [-0.1, -0.05) is 15.9 Å². The van der Waals surface area contributed by atoms with Crippen LogP contribution in [0.4, 0.5) is 17.6 Å². The Hall–Kier alpha value is -2.98. The van der Waals surface area contributed by atoms with Crippen LogP contribution < -0.4 is 10.2 Å². The van der Waals surface area contributed by atoms with Gasteiger partial charge in [-0.15, -0.1) is 0 Å². The zero-order valence-electron chi connectivity index (χ0n) is 19.1. The summed E-state index contributed by atoms with van der Waals surface area (Å²) in [6, 6.07) is 0. The molecule has 1 fully saturated rings. The Morgan fingerprint density at radius 2 is 1.39 bits per heavy atom. The minimum atomic E-state index is -2.09. The molecule has 11 nitrogen and oxygen atoms in total. The number of ether oxygens (including phenoxy) is 5. The average molecular weight is 590 g/mol. The molecule has 1 amide bonds. The van der Waals surface area contributed by atoms with E-state index in [-0.39, 0.29) is 0 Å². The molecule has 1 aromatic rings. The van der Waals surface area contributed by atoms with Crippen molar-refractivity contribution in [1.82, 2.24) is 5.48 Å². The minimum Gasteiger partial charge on any atom is -0.491 e. The highest BCUT2D eigenvalue weighted by Crippen LogP contribution is 2.32. The quantitative estimate of drug-likeness (QED) is 0.119. The molecule has 5 atom stereocenters. The molecule has 2 rings (SSSR count). The van der Waals surface area contributed by atoms with Gasteiger partial charge in [0.15, 0.2) is 40.7 Å². The normalized spacial score (nSPS) is 23.4. The average Bonchev–Trinajstić information content (AvgIpc) is 2.78. The third-order valence-electron chi connectivity index (χ3n) is 4.57. The SMILES string of the molecule is COc1c(F)c(F)c(C(=O)NO[C@@H]2[C@@H](OC(C)=O)[C@@H](Br)O[C@H](COC(C)=O)[C@@H]2OC(C)=O)c(F)c1F. The van der Waals surface area contributed by atoms with E-state index in [1.165, 1.54) is 0 Å². The fourth-order valence-electron chi connectivity index (χ4n) is 3.15. The van der Waals surface area contributed by atoms with Crippen molar-refractivity contribution in [3.8, 4) is 5.75 Å². The molecule has 0 radical (unpaired) electrons. The number of halogens is 5. The molecule has 1 aliphatic rings. The van der Waals surface area contributed by atoms with Gasteiger partial charge in [0.1, 0.15) is 18.3 Å². The topological polar surface area (TPSA) is 136 Å². The van der Waals surface area contributed by atoms with E-state index in [4.69, 9.17) is 23.8 Å². The van der Waals surface area contributed by atoms with Gasteiger partial charge in [-0.05, 0) is 0 Å². The van der Waals surface area contributed by atoms with Gasteiger partial charge in [-0.25, -0.2) is 14.3 Å². The van der Waals surface area contributed by atoms with Crippen LogP contribution in [0.15, 0.2) is 0 Å². The van der Waals surface area contributed by atoms with Gasteiger partial charge in [0.05, 0.1) is 7.11 Å². The van der Waals surface area contributed by atoms with Crippen molar-refractivity contribution in [3.63, 3.8) is 0 Å². The smallest absolute Gasteiger partial charge is 0.303 e. The third-order valence-corrected chi connectivity index (χ3v) is 5.31. The summed E-state index contributed by atoms with van der Waals surface area (Å²) in [7, 11) is 0.752. The number of amides is 1. The zero-order valence-corrected chi connectivity index (χ0v) is 20.7. The summed E-state index contributed by atoms with van der Waals surface area (Å²) in [5, 5.41) is -1.19. The predicted molar refractivity (Wildman–Crippen MR) is 110 cm³/mol. The summed E-state index contributed by atoms with van der Waals surface area (Å²) in [6.07, 6.45) is -5.88. The van der Waals surface area contributed by atoms with Crippen LogP contribution in [0.3, 0.4) is 0 Å². The number of hydrogen-bond acceptors (Lipinski definition) is 10. The van der Waals surface area contributed by atoms with E-state index in [1.54, 1.807) is 5.48 Å². The van der Waals surface area contributed by atoms with Crippen LogP contribution in [0.2, 0.25) is 0 Å². The number of methoxy groups -OCH3 is 1. The fraction of sp³-hybridized carbons (Fsp3) is 0.500. The van der Waals surface area contributed by atoms with Gasteiger partial charge >= 0.3 is 17.9 Å². The van der Waals surface area contributed by atoms with Crippen LogP contribution in [0.25, 0.3) is 0 Å². The zero-order chi connectivity index (χ0) is 27.3. The molecule has 1 aromatic carbocycles. The maximum Gasteiger partial charge on any atom is 0.303 e. The summed E-state index contributed by atoms with van der Waals surface area (Å²) in [5.74, 6) is -13.8. The number of carbonyl (C=O) groups excluding carboxylic acids is 4. The molecule has 16 heteroatoms. The Kier molecular flexibility index (Phi) is 10.0. The number of rotatable bonds is 8. The predicted octanol–water partition coefficient (Wildman–Crippen LogP) is 1.83. The second kappa shape index (κ2) is 12.3. The largest absolute Gasteiger partial charge is 0.491 e. The van der Waals surface area contributed by atoms with Gasteiger partial charge in [-0.3, -0.25) is 24.0 Å². The monoisotopic (exact) mass is 589 g/mol. The summed E-state index contributed by atoms with van der Waals surface area (Å²) >= 11 is 3.07. The first-order valence-electron chi connectivity index (χ1n) is 9.93. The first-order valence-corrected chi connectivity index (χ1v) is 10.8. The van der Waals surface area contributed by atoms with E-state index in [1.807, 2.05) is 0 Å². The highest BCUT2D eigenvalue weighted by Gasteiger charge is 2.51. The number of nitrogens with one attached hydrogen (secondary N) is 1. The number of carbonyl (C=O) groups is 4. The van der Waals surface area contributed by atoms with Crippen LogP contribution in [-0.2, 0) is 38.2 Å². The number of hydroxylamine groups is 1. The van der Waals surface area contributed by atoms with Crippen molar-refractivity contribution in [1.29, 1.82) is 0 Å². The second-order valence-electron chi connectivity index (χ2n) is 7.15. The molecule has 1 N–H and O–H groups in total. The van der Waals surface area contributed by atoms with Crippen molar-refractivity contribution in [3.05, 3.63) is 28.8 Å². The summed E-state index contributed by atoms with van der Waals surface area (Å²) in [4.78, 5) is 52.1.